The van der Waals surface area contributed by atoms with Crippen LogP contribution in [-0.4, -0.2) is 48.2 Å². The highest BCUT2D eigenvalue weighted by Crippen LogP contribution is 2.36. The first-order valence-electron chi connectivity index (χ1n) is 10.3. The number of aromatic nitrogens is 5. The Hall–Kier alpha value is -4.27. The van der Waals surface area contributed by atoms with E-state index >= 15 is 0 Å². The Balaban J connectivity index is 1.61. The zero-order valence-electron chi connectivity index (χ0n) is 17.9. The first kappa shape index (κ1) is 21.9. The number of nitrogens with zero attached hydrogens (tertiary/aromatic N) is 6. The van der Waals surface area contributed by atoms with Crippen molar-refractivity contribution >= 4 is 23.4 Å². The highest BCUT2D eigenvalue weighted by Gasteiger charge is 2.36. The van der Waals surface area contributed by atoms with E-state index < -0.39 is 18.0 Å². The van der Waals surface area contributed by atoms with E-state index in [-0.39, 0.29) is 29.2 Å². The number of halogens is 1. The lowest BCUT2D eigenvalue weighted by molar-refractivity contribution is 0.188. The first-order valence-corrected chi connectivity index (χ1v) is 10.3. The third-order valence-corrected chi connectivity index (χ3v) is 5.24. The Bertz CT molecular complexity index is 1220. The molecule has 3 heterocycles. The number of carbonyl (C=O) groups is 1. The van der Waals surface area contributed by atoms with Crippen molar-refractivity contribution in [2.45, 2.75) is 38.8 Å². The Kier molecular flexibility index (Phi) is 6.03. The maximum atomic E-state index is 14.7. The van der Waals surface area contributed by atoms with Gasteiger partial charge in [-0.3, -0.25) is 4.98 Å². The lowest BCUT2D eigenvalue weighted by Crippen LogP contribution is -2.45. The maximum absolute atomic E-state index is 14.7. The van der Waals surface area contributed by atoms with Crippen LogP contribution in [0, 0.1) is 30.0 Å². The molecule has 3 aromatic rings. The van der Waals surface area contributed by atoms with E-state index in [1.54, 1.807) is 25.4 Å². The quantitative estimate of drug-likeness (QED) is 0.405. The Morgan fingerprint density at radius 2 is 2.09 bits per heavy atom. The van der Waals surface area contributed by atoms with Crippen LogP contribution < -0.4 is 16.0 Å². The van der Waals surface area contributed by atoms with E-state index in [0.29, 0.717) is 11.4 Å². The number of pyridine rings is 2. The fraction of sp³-hybridized carbons (Fsp3) is 0.333. The minimum absolute atomic E-state index is 0.0104. The summed E-state index contributed by atoms with van der Waals surface area (Å²) in [6, 6.07) is 3.94. The molecule has 1 aliphatic rings. The highest BCUT2D eigenvalue weighted by atomic mass is 19.1. The van der Waals surface area contributed by atoms with Gasteiger partial charge in [0.05, 0.1) is 41.6 Å². The molecule has 4 N–H and O–H groups in total. The van der Waals surface area contributed by atoms with Crippen molar-refractivity contribution in [2.75, 3.05) is 10.6 Å². The monoisotopic (exact) mass is 451 g/mol. The normalized spacial score (nSPS) is 14.7. The molecule has 0 bridgehead atoms. The summed E-state index contributed by atoms with van der Waals surface area (Å²) < 4.78 is 14.7. The molecule has 170 valence electrons. The van der Waals surface area contributed by atoms with Crippen LogP contribution in [0.25, 0.3) is 5.69 Å². The largest absolute Gasteiger partial charge is 0.465 e. The average molecular weight is 451 g/mol. The van der Waals surface area contributed by atoms with Crippen LogP contribution in [0.2, 0.25) is 0 Å². The summed E-state index contributed by atoms with van der Waals surface area (Å²) in [6.45, 7) is 3.53. The fourth-order valence-electron chi connectivity index (χ4n) is 3.53. The van der Waals surface area contributed by atoms with Gasteiger partial charge in [-0.15, -0.1) is 4.80 Å². The number of nitrogens with one attached hydrogen (secondary N) is 3. The van der Waals surface area contributed by atoms with Gasteiger partial charge in [0, 0.05) is 6.04 Å². The van der Waals surface area contributed by atoms with Crippen LogP contribution in [0.15, 0.2) is 30.7 Å². The zero-order valence-corrected chi connectivity index (χ0v) is 17.9. The molecule has 0 aromatic carbocycles. The number of amides is 1. The van der Waals surface area contributed by atoms with Crippen molar-refractivity contribution in [1.29, 1.82) is 5.26 Å². The number of nitriles is 1. The standard InChI is InChI=1S/C21H22FN9O2/c1-11-8-25-31(30-11)16-6-15(9-24-10-16)27-19-14(7-23)5-17(22)20(29-19)28-18(13-3-4-13)12(2)26-21(32)33/h5-6,8-10,12-13,18,26H,3-4H2,1-2H3,(H,32,33)(H2,27,28,29)/t12-,18-/m0/s1. The van der Waals surface area contributed by atoms with E-state index in [1.807, 2.05) is 13.0 Å². The molecule has 12 heteroatoms. The molecule has 0 unspecified atom stereocenters. The SMILES string of the molecule is Cc1cnn(-c2cncc(Nc3nc(N[C@H](C4CC4)[C@H](C)NC(=O)O)c(F)cc3C#N)c2)n1. The summed E-state index contributed by atoms with van der Waals surface area (Å²) in [5, 5.41) is 35.4. The maximum Gasteiger partial charge on any atom is 0.404 e. The number of carboxylic acid groups (broad SMARTS) is 1. The summed E-state index contributed by atoms with van der Waals surface area (Å²) in [5.74, 6) is -0.432. The molecule has 1 aliphatic carbocycles. The second-order valence-corrected chi connectivity index (χ2v) is 7.90. The third-order valence-electron chi connectivity index (χ3n) is 5.24. The minimum Gasteiger partial charge on any atom is -0.465 e. The van der Waals surface area contributed by atoms with Crippen molar-refractivity contribution in [2.24, 2.45) is 5.92 Å². The number of hydrogen-bond donors (Lipinski definition) is 4. The summed E-state index contributed by atoms with van der Waals surface area (Å²) in [4.78, 5) is 20.9. The van der Waals surface area contributed by atoms with Gasteiger partial charge in [0.15, 0.2) is 17.5 Å². The Morgan fingerprint density at radius 1 is 1.30 bits per heavy atom. The number of aryl methyl sites for hydroxylation is 1. The van der Waals surface area contributed by atoms with Crippen LogP contribution in [-0.2, 0) is 0 Å². The van der Waals surface area contributed by atoms with Gasteiger partial charge >= 0.3 is 6.09 Å². The second kappa shape index (κ2) is 9.07. The lowest BCUT2D eigenvalue weighted by Gasteiger charge is -2.26. The average Bonchev–Trinajstić information content (AvgIpc) is 3.52. The Labute approximate surface area is 188 Å². The molecule has 0 aliphatic heterocycles. The molecule has 0 spiro atoms. The predicted molar refractivity (Wildman–Crippen MR) is 117 cm³/mol. The van der Waals surface area contributed by atoms with Crippen LogP contribution in [0.4, 0.5) is 26.5 Å². The molecule has 1 fully saturated rings. The highest BCUT2D eigenvalue weighted by molar-refractivity contribution is 5.66. The van der Waals surface area contributed by atoms with E-state index in [9.17, 15) is 14.4 Å². The van der Waals surface area contributed by atoms with Gasteiger partial charge < -0.3 is 21.1 Å². The molecule has 1 amide bonds. The number of hydrogen-bond acceptors (Lipinski definition) is 8. The predicted octanol–water partition coefficient (Wildman–Crippen LogP) is 2.97. The van der Waals surface area contributed by atoms with Gasteiger partial charge in [-0.1, -0.05) is 0 Å². The summed E-state index contributed by atoms with van der Waals surface area (Å²) in [5.41, 5.74) is 1.85. The summed E-state index contributed by atoms with van der Waals surface area (Å²) in [6.07, 6.45) is 5.39. The molecular formula is C21H22FN9O2. The topological polar surface area (TPSA) is 154 Å². The number of anilines is 3. The van der Waals surface area contributed by atoms with Crippen molar-refractivity contribution in [1.82, 2.24) is 30.3 Å². The molecule has 33 heavy (non-hydrogen) atoms. The molecule has 1 saturated carbocycles. The number of rotatable bonds is 8. The summed E-state index contributed by atoms with van der Waals surface area (Å²) in [7, 11) is 0. The van der Waals surface area contributed by atoms with Crippen molar-refractivity contribution in [3.63, 3.8) is 0 Å². The van der Waals surface area contributed by atoms with Gasteiger partial charge in [0.1, 0.15) is 11.8 Å². The zero-order chi connectivity index (χ0) is 23.5. The van der Waals surface area contributed by atoms with Crippen molar-refractivity contribution in [3.8, 4) is 11.8 Å². The van der Waals surface area contributed by atoms with E-state index in [0.717, 1.165) is 24.6 Å². The van der Waals surface area contributed by atoms with Crippen LogP contribution in [0.5, 0.6) is 0 Å². The van der Waals surface area contributed by atoms with Gasteiger partial charge in [-0.25, -0.2) is 14.2 Å². The van der Waals surface area contributed by atoms with Crippen LogP contribution >= 0.6 is 0 Å². The van der Waals surface area contributed by atoms with Crippen molar-refractivity contribution < 1.29 is 14.3 Å². The molecule has 0 saturated heterocycles. The molecule has 2 atom stereocenters. The molecule has 11 nitrogen and oxygen atoms in total. The molecule has 3 aromatic heterocycles. The minimum atomic E-state index is -1.15. The Morgan fingerprint density at radius 3 is 2.73 bits per heavy atom. The smallest absolute Gasteiger partial charge is 0.404 e. The van der Waals surface area contributed by atoms with Gasteiger partial charge in [0.2, 0.25) is 0 Å². The molecule has 0 radical (unpaired) electrons. The fourth-order valence-corrected chi connectivity index (χ4v) is 3.53. The van der Waals surface area contributed by atoms with Gasteiger partial charge in [0.25, 0.3) is 0 Å². The van der Waals surface area contributed by atoms with Gasteiger partial charge in [-0.2, -0.15) is 15.5 Å². The van der Waals surface area contributed by atoms with E-state index in [1.165, 1.54) is 11.0 Å². The lowest BCUT2D eigenvalue weighted by atomic mass is 10.0. The first-order chi connectivity index (χ1) is 15.8. The second-order valence-electron chi connectivity index (χ2n) is 7.90. The van der Waals surface area contributed by atoms with Crippen LogP contribution in [0.3, 0.4) is 0 Å². The molecular weight excluding hydrogens is 429 g/mol. The van der Waals surface area contributed by atoms with Gasteiger partial charge in [-0.05, 0) is 44.7 Å². The van der Waals surface area contributed by atoms with E-state index in [4.69, 9.17) is 5.11 Å². The third kappa shape index (κ3) is 5.15. The van der Waals surface area contributed by atoms with E-state index in [2.05, 4.69) is 36.1 Å². The molecule has 4 rings (SSSR count). The summed E-state index contributed by atoms with van der Waals surface area (Å²) >= 11 is 0. The van der Waals surface area contributed by atoms with Crippen molar-refractivity contribution in [3.05, 3.63) is 47.8 Å². The van der Waals surface area contributed by atoms with Crippen LogP contribution in [0.1, 0.15) is 31.0 Å².